The van der Waals surface area contributed by atoms with Crippen LogP contribution in [0.2, 0.25) is 0 Å². The number of carbonyl (C=O) groups is 2. The number of hydrogen-bond donors (Lipinski definition) is 2. The Bertz CT molecular complexity index is 165. The van der Waals surface area contributed by atoms with Gasteiger partial charge < -0.3 is 10.2 Å². The quantitative estimate of drug-likeness (QED) is 0.417. The molecule has 0 aliphatic rings. The monoisotopic (exact) mass is 188 g/mol. The van der Waals surface area contributed by atoms with Gasteiger partial charge in [0, 0.05) is 13.0 Å². The smallest absolute Gasteiger partial charge is 0.165 e. The predicted molar refractivity (Wildman–Crippen MR) is 47.3 cm³/mol. The molecule has 0 unspecified atom stereocenters. The number of ketones is 2. The van der Waals surface area contributed by atoms with Gasteiger partial charge in [0.15, 0.2) is 5.78 Å². The van der Waals surface area contributed by atoms with Crippen molar-refractivity contribution in [2.24, 2.45) is 0 Å². The van der Waals surface area contributed by atoms with E-state index in [9.17, 15) is 9.59 Å². The fourth-order valence-corrected chi connectivity index (χ4v) is 0.975. The number of Topliss-reactive ketones (excluding diaryl/α,β-unsaturated/α-hetero) is 2. The Morgan fingerprint density at radius 1 is 0.923 bits per heavy atom. The molecule has 0 aromatic heterocycles. The lowest BCUT2D eigenvalue weighted by Crippen LogP contribution is -2.10. The summed E-state index contributed by atoms with van der Waals surface area (Å²) in [7, 11) is 0. The minimum absolute atomic E-state index is 0.128. The molecular formula is C9H16O4. The van der Waals surface area contributed by atoms with E-state index >= 15 is 0 Å². The second-order valence-electron chi connectivity index (χ2n) is 2.95. The Labute approximate surface area is 77.6 Å². The molecule has 0 fully saturated rings. The molecule has 2 N–H and O–H groups in total. The zero-order valence-electron chi connectivity index (χ0n) is 7.66. The van der Waals surface area contributed by atoms with Crippen molar-refractivity contribution in [3.05, 3.63) is 0 Å². The topological polar surface area (TPSA) is 74.6 Å². The Balaban J connectivity index is 3.35. The van der Waals surface area contributed by atoms with Gasteiger partial charge in [0.25, 0.3) is 0 Å². The van der Waals surface area contributed by atoms with E-state index in [1.165, 1.54) is 0 Å². The maximum atomic E-state index is 11.0. The Morgan fingerprint density at radius 3 is 2.15 bits per heavy atom. The lowest BCUT2D eigenvalue weighted by Gasteiger charge is -1.98. The summed E-state index contributed by atoms with van der Waals surface area (Å²) in [5.41, 5.74) is 0. The molecule has 0 aliphatic heterocycles. The SMILES string of the molecule is O=C(CO)CC(=O)CCCCCO. The molecule has 0 radical (unpaired) electrons. The largest absolute Gasteiger partial charge is 0.396 e. The first-order valence-corrected chi connectivity index (χ1v) is 4.45. The third kappa shape index (κ3) is 7.62. The summed E-state index contributed by atoms with van der Waals surface area (Å²) in [6.45, 7) is -0.411. The molecule has 4 heteroatoms. The lowest BCUT2D eigenvalue weighted by atomic mass is 10.1. The molecule has 0 spiro atoms. The van der Waals surface area contributed by atoms with Crippen LogP contribution in [0.15, 0.2) is 0 Å². The molecule has 0 saturated heterocycles. The number of rotatable bonds is 8. The number of carbonyl (C=O) groups excluding carboxylic acids is 2. The third-order valence-electron chi connectivity index (χ3n) is 1.68. The molecule has 0 heterocycles. The molecule has 13 heavy (non-hydrogen) atoms. The van der Waals surface area contributed by atoms with E-state index < -0.39 is 12.4 Å². The molecule has 0 atom stereocenters. The summed E-state index contributed by atoms with van der Waals surface area (Å²) in [4.78, 5) is 21.6. The molecular weight excluding hydrogens is 172 g/mol. The molecule has 0 rings (SSSR count). The van der Waals surface area contributed by atoms with E-state index in [-0.39, 0.29) is 18.8 Å². The summed E-state index contributed by atoms with van der Waals surface area (Å²) >= 11 is 0. The van der Waals surface area contributed by atoms with Crippen molar-refractivity contribution in [1.29, 1.82) is 0 Å². The van der Waals surface area contributed by atoms with Gasteiger partial charge in [-0.25, -0.2) is 0 Å². The van der Waals surface area contributed by atoms with Gasteiger partial charge in [0.1, 0.15) is 12.4 Å². The Kier molecular flexibility index (Phi) is 7.44. The van der Waals surface area contributed by atoms with Crippen LogP contribution in [0, 0.1) is 0 Å². The molecule has 4 nitrogen and oxygen atoms in total. The minimum Gasteiger partial charge on any atom is -0.396 e. The van der Waals surface area contributed by atoms with E-state index in [1.54, 1.807) is 0 Å². The highest BCUT2D eigenvalue weighted by Crippen LogP contribution is 2.02. The predicted octanol–water partition coefficient (Wildman–Crippen LogP) is 0.0597. The summed E-state index contributed by atoms with van der Waals surface area (Å²) in [5.74, 6) is -0.552. The average Bonchev–Trinajstić information content (AvgIpc) is 2.12. The maximum Gasteiger partial charge on any atom is 0.165 e. The highest BCUT2D eigenvalue weighted by Gasteiger charge is 2.07. The van der Waals surface area contributed by atoms with Gasteiger partial charge in [-0.3, -0.25) is 9.59 Å². The highest BCUT2D eigenvalue weighted by molar-refractivity contribution is 5.99. The number of aliphatic hydroxyl groups is 2. The lowest BCUT2D eigenvalue weighted by molar-refractivity contribution is -0.128. The van der Waals surface area contributed by atoms with Crippen LogP contribution in [0.3, 0.4) is 0 Å². The molecule has 0 aromatic carbocycles. The van der Waals surface area contributed by atoms with Crippen molar-refractivity contribution in [2.75, 3.05) is 13.2 Å². The normalized spacial score (nSPS) is 10.0. The third-order valence-corrected chi connectivity index (χ3v) is 1.68. The van der Waals surface area contributed by atoms with Crippen molar-refractivity contribution in [3.63, 3.8) is 0 Å². The first kappa shape index (κ1) is 12.3. The van der Waals surface area contributed by atoms with Crippen molar-refractivity contribution in [3.8, 4) is 0 Å². The van der Waals surface area contributed by atoms with Gasteiger partial charge in [0.2, 0.25) is 0 Å². The van der Waals surface area contributed by atoms with Crippen LogP contribution < -0.4 is 0 Å². The number of aliphatic hydroxyl groups excluding tert-OH is 2. The highest BCUT2D eigenvalue weighted by atomic mass is 16.3. The van der Waals surface area contributed by atoms with Gasteiger partial charge in [-0.2, -0.15) is 0 Å². The van der Waals surface area contributed by atoms with Gasteiger partial charge in [-0.05, 0) is 12.8 Å². The summed E-state index contributed by atoms with van der Waals surface area (Å²) < 4.78 is 0. The van der Waals surface area contributed by atoms with E-state index in [2.05, 4.69) is 0 Å². The van der Waals surface area contributed by atoms with Gasteiger partial charge in [-0.15, -0.1) is 0 Å². The van der Waals surface area contributed by atoms with Gasteiger partial charge in [0.05, 0.1) is 6.42 Å². The molecule has 76 valence electrons. The maximum absolute atomic E-state index is 11.0. The first-order chi connectivity index (χ1) is 6.20. The van der Waals surface area contributed by atoms with E-state index in [4.69, 9.17) is 10.2 Å². The molecule has 0 aliphatic carbocycles. The van der Waals surface area contributed by atoms with E-state index in [1.807, 2.05) is 0 Å². The van der Waals surface area contributed by atoms with Crippen LogP contribution in [-0.2, 0) is 9.59 Å². The van der Waals surface area contributed by atoms with Crippen LogP contribution in [0.4, 0.5) is 0 Å². The van der Waals surface area contributed by atoms with Crippen LogP contribution in [0.1, 0.15) is 32.1 Å². The van der Waals surface area contributed by atoms with Crippen LogP contribution in [0.5, 0.6) is 0 Å². The fraction of sp³-hybridized carbons (Fsp3) is 0.778. The Hall–Kier alpha value is -0.740. The Morgan fingerprint density at radius 2 is 1.62 bits per heavy atom. The number of hydrogen-bond acceptors (Lipinski definition) is 4. The van der Waals surface area contributed by atoms with Crippen molar-refractivity contribution in [2.45, 2.75) is 32.1 Å². The number of unbranched alkanes of at least 4 members (excludes halogenated alkanes) is 2. The average molecular weight is 188 g/mol. The van der Waals surface area contributed by atoms with Gasteiger partial charge in [-0.1, -0.05) is 6.42 Å². The van der Waals surface area contributed by atoms with E-state index in [0.717, 1.165) is 6.42 Å². The second-order valence-corrected chi connectivity index (χ2v) is 2.95. The van der Waals surface area contributed by atoms with Crippen molar-refractivity contribution >= 4 is 11.6 Å². The summed E-state index contributed by atoms with van der Waals surface area (Å²) in [5, 5.41) is 16.8. The van der Waals surface area contributed by atoms with Crippen LogP contribution in [-0.4, -0.2) is 35.0 Å². The molecule has 0 amide bonds. The van der Waals surface area contributed by atoms with Crippen molar-refractivity contribution < 1.29 is 19.8 Å². The van der Waals surface area contributed by atoms with Crippen LogP contribution >= 0.6 is 0 Å². The summed E-state index contributed by atoms with van der Waals surface area (Å²) in [6.07, 6.45) is 2.41. The zero-order chi connectivity index (χ0) is 10.1. The minimum atomic E-state index is -0.553. The summed E-state index contributed by atoms with van der Waals surface area (Å²) in [6, 6.07) is 0. The van der Waals surface area contributed by atoms with Gasteiger partial charge >= 0.3 is 0 Å². The second kappa shape index (κ2) is 7.89. The standard InChI is InChI=1S/C9H16O4/c10-5-3-1-2-4-8(12)6-9(13)7-11/h10-11H,1-7H2. The van der Waals surface area contributed by atoms with Crippen LogP contribution in [0.25, 0.3) is 0 Å². The zero-order valence-corrected chi connectivity index (χ0v) is 7.66. The fourth-order valence-electron chi connectivity index (χ4n) is 0.975. The first-order valence-electron chi connectivity index (χ1n) is 4.45. The van der Waals surface area contributed by atoms with Crippen molar-refractivity contribution in [1.82, 2.24) is 0 Å². The van der Waals surface area contributed by atoms with E-state index in [0.29, 0.717) is 19.3 Å². The molecule has 0 bridgehead atoms. The molecule has 0 saturated carbocycles. The molecule has 0 aromatic rings.